The molecule has 0 bridgehead atoms. The topological polar surface area (TPSA) is 97.3 Å². The molecule has 6 nitrogen and oxygen atoms in total. The van der Waals surface area contributed by atoms with Gasteiger partial charge in [-0.1, -0.05) is 0 Å². The first-order valence-electron chi connectivity index (χ1n) is 4.49. The number of hydrogen-bond acceptors (Lipinski definition) is 6. The molecule has 0 fully saturated rings. The smallest absolute Gasteiger partial charge is 0.496 e. The standard InChI is InChI=1S/C9H13BN2O4/c1-15-7-3-6(5-12-11)4-8(16-2)9(7)10(13)14/h3-5,13-14H,11H2,1-2H3. The zero-order chi connectivity index (χ0) is 12.1. The normalized spacial score (nSPS) is 10.5. The number of hydrogen-bond donors (Lipinski definition) is 3. The second-order valence-electron chi connectivity index (χ2n) is 2.99. The minimum absolute atomic E-state index is 0.166. The third-order valence-electron chi connectivity index (χ3n) is 2.05. The highest BCUT2D eigenvalue weighted by Crippen LogP contribution is 2.19. The molecule has 86 valence electrons. The highest BCUT2D eigenvalue weighted by molar-refractivity contribution is 6.61. The van der Waals surface area contributed by atoms with Crippen LogP contribution in [0.3, 0.4) is 0 Å². The molecule has 0 aliphatic carbocycles. The van der Waals surface area contributed by atoms with Gasteiger partial charge in [0, 0.05) is 5.56 Å². The molecule has 0 atom stereocenters. The van der Waals surface area contributed by atoms with Gasteiger partial charge in [0.05, 0.1) is 25.9 Å². The first-order chi connectivity index (χ1) is 7.63. The van der Waals surface area contributed by atoms with Crippen LogP contribution in [0.5, 0.6) is 11.5 Å². The Bertz CT molecular complexity index is 370. The zero-order valence-corrected chi connectivity index (χ0v) is 9.04. The van der Waals surface area contributed by atoms with E-state index in [1.54, 1.807) is 12.1 Å². The number of nitrogens with two attached hydrogens (primary N) is 1. The molecule has 0 amide bonds. The van der Waals surface area contributed by atoms with Crippen LogP contribution in [-0.4, -0.2) is 37.6 Å². The lowest BCUT2D eigenvalue weighted by Crippen LogP contribution is -2.32. The van der Waals surface area contributed by atoms with E-state index in [2.05, 4.69) is 5.10 Å². The third-order valence-corrected chi connectivity index (χ3v) is 2.05. The van der Waals surface area contributed by atoms with Crippen LogP contribution in [-0.2, 0) is 0 Å². The van der Waals surface area contributed by atoms with Gasteiger partial charge in [-0.15, -0.1) is 0 Å². The van der Waals surface area contributed by atoms with Gasteiger partial charge in [0.15, 0.2) is 0 Å². The van der Waals surface area contributed by atoms with Gasteiger partial charge in [-0.3, -0.25) is 0 Å². The molecule has 0 aromatic heterocycles. The number of rotatable bonds is 4. The summed E-state index contributed by atoms with van der Waals surface area (Å²) < 4.78 is 10.1. The van der Waals surface area contributed by atoms with Gasteiger partial charge in [0.1, 0.15) is 11.5 Å². The van der Waals surface area contributed by atoms with Crippen LogP contribution in [0.1, 0.15) is 5.56 Å². The van der Waals surface area contributed by atoms with Gasteiger partial charge >= 0.3 is 7.12 Å². The molecule has 0 aliphatic rings. The number of ether oxygens (including phenoxy) is 2. The van der Waals surface area contributed by atoms with Crippen LogP contribution in [0.4, 0.5) is 0 Å². The third kappa shape index (κ3) is 2.44. The molecule has 0 saturated carbocycles. The zero-order valence-electron chi connectivity index (χ0n) is 9.04. The lowest BCUT2D eigenvalue weighted by atomic mass is 9.78. The summed E-state index contributed by atoms with van der Waals surface area (Å²) in [5, 5.41) is 21.8. The molecule has 0 radical (unpaired) electrons. The number of methoxy groups -OCH3 is 2. The summed E-state index contributed by atoms with van der Waals surface area (Å²) in [4.78, 5) is 0. The summed E-state index contributed by atoms with van der Waals surface area (Å²) in [5.74, 6) is 5.62. The van der Waals surface area contributed by atoms with Crippen molar-refractivity contribution >= 4 is 18.8 Å². The molecule has 0 unspecified atom stereocenters. The van der Waals surface area contributed by atoms with Gasteiger partial charge in [0.25, 0.3) is 0 Å². The van der Waals surface area contributed by atoms with Gasteiger partial charge in [-0.25, -0.2) is 0 Å². The molecule has 0 heterocycles. The molecule has 0 aliphatic heterocycles. The van der Waals surface area contributed by atoms with E-state index in [1.807, 2.05) is 0 Å². The minimum atomic E-state index is -1.67. The summed E-state index contributed by atoms with van der Waals surface area (Å²) >= 11 is 0. The Balaban J connectivity index is 3.36. The molecule has 16 heavy (non-hydrogen) atoms. The summed E-state index contributed by atoms with van der Waals surface area (Å²) in [5.41, 5.74) is 0.805. The highest BCUT2D eigenvalue weighted by atomic mass is 16.5. The van der Waals surface area contributed by atoms with E-state index in [-0.39, 0.29) is 5.46 Å². The van der Waals surface area contributed by atoms with Crippen LogP contribution in [0.25, 0.3) is 0 Å². The van der Waals surface area contributed by atoms with E-state index < -0.39 is 7.12 Å². The van der Waals surface area contributed by atoms with E-state index in [0.29, 0.717) is 17.1 Å². The van der Waals surface area contributed by atoms with Crippen molar-refractivity contribution in [3.8, 4) is 11.5 Å². The van der Waals surface area contributed by atoms with Crippen LogP contribution in [0.15, 0.2) is 17.2 Å². The average Bonchev–Trinajstić information content (AvgIpc) is 2.27. The van der Waals surface area contributed by atoms with E-state index in [9.17, 15) is 10.0 Å². The Kier molecular flexibility index (Phi) is 4.15. The van der Waals surface area contributed by atoms with Crippen LogP contribution >= 0.6 is 0 Å². The molecule has 7 heteroatoms. The predicted molar refractivity (Wildman–Crippen MR) is 61.2 cm³/mol. The van der Waals surface area contributed by atoms with Crippen molar-refractivity contribution in [2.75, 3.05) is 14.2 Å². The Hall–Kier alpha value is -1.73. The van der Waals surface area contributed by atoms with Gasteiger partial charge in [-0.2, -0.15) is 5.10 Å². The van der Waals surface area contributed by atoms with Crippen LogP contribution < -0.4 is 20.8 Å². The fourth-order valence-corrected chi connectivity index (χ4v) is 1.37. The molecule has 4 N–H and O–H groups in total. The molecule has 1 aromatic carbocycles. The molecular formula is C9H13BN2O4. The predicted octanol–water partition coefficient (Wildman–Crippen LogP) is -1.32. The minimum Gasteiger partial charge on any atom is -0.497 e. The van der Waals surface area contributed by atoms with Crippen LogP contribution in [0, 0.1) is 0 Å². The molecule has 1 rings (SSSR count). The Morgan fingerprint density at radius 1 is 1.25 bits per heavy atom. The van der Waals surface area contributed by atoms with Crippen molar-refractivity contribution in [1.82, 2.24) is 0 Å². The van der Waals surface area contributed by atoms with E-state index >= 15 is 0 Å². The average molecular weight is 224 g/mol. The van der Waals surface area contributed by atoms with E-state index in [1.165, 1.54) is 20.4 Å². The molecule has 1 aromatic rings. The summed E-state index contributed by atoms with van der Waals surface area (Å²) in [6, 6.07) is 3.15. The first kappa shape index (κ1) is 12.3. The van der Waals surface area contributed by atoms with Crippen LogP contribution in [0.2, 0.25) is 0 Å². The monoisotopic (exact) mass is 224 g/mol. The van der Waals surface area contributed by atoms with Crippen molar-refractivity contribution in [2.24, 2.45) is 10.9 Å². The Morgan fingerprint density at radius 2 is 1.75 bits per heavy atom. The fourth-order valence-electron chi connectivity index (χ4n) is 1.37. The number of benzene rings is 1. The van der Waals surface area contributed by atoms with Crippen molar-refractivity contribution < 1.29 is 19.5 Å². The fraction of sp³-hybridized carbons (Fsp3) is 0.222. The van der Waals surface area contributed by atoms with Gasteiger partial charge in [-0.05, 0) is 12.1 Å². The largest absolute Gasteiger partial charge is 0.497 e. The lowest BCUT2D eigenvalue weighted by molar-refractivity contribution is 0.385. The molecule has 0 spiro atoms. The van der Waals surface area contributed by atoms with Crippen molar-refractivity contribution in [3.63, 3.8) is 0 Å². The second kappa shape index (κ2) is 5.38. The van der Waals surface area contributed by atoms with Crippen molar-refractivity contribution in [1.29, 1.82) is 0 Å². The second-order valence-corrected chi connectivity index (χ2v) is 2.99. The molecular weight excluding hydrogens is 211 g/mol. The maximum absolute atomic E-state index is 9.21. The number of nitrogens with zero attached hydrogens (tertiary/aromatic N) is 1. The quantitative estimate of drug-likeness (QED) is 0.255. The molecule has 0 saturated heterocycles. The summed E-state index contributed by atoms with van der Waals surface area (Å²) in [7, 11) is 1.17. The maximum Gasteiger partial charge on any atom is 0.496 e. The first-order valence-corrected chi connectivity index (χ1v) is 4.49. The summed E-state index contributed by atoms with van der Waals surface area (Å²) in [6.45, 7) is 0. The maximum atomic E-state index is 9.21. The van der Waals surface area contributed by atoms with Gasteiger partial charge in [0.2, 0.25) is 0 Å². The lowest BCUT2D eigenvalue weighted by Gasteiger charge is -2.13. The Labute approximate surface area is 93.4 Å². The van der Waals surface area contributed by atoms with E-state index in [4.69, 9.17) is 15.3 Å². The highest BCUT2D eigenvalue weighted by Gasteiger charge is 2.23. The van der Waals surface area contributed by atoms with Gasteiger partial charge < -0.3 is 25.4 Å². The van der Waals surface area contributed by atoms with Crippen molar-refractivity contribution in [3.05, 3.63) is 17.7 Å². The number of hydrazone groups is 1. The Morgan fingerprint density at radius 3 is 2.06 bits per heavy atom. The van der Waals surface area contributed by atoms with Crippen molar-refractivity contribution in [2.45, 2.75) is 0 Å². The summed E-state index contributed by atoms with van der Waals surface area (Å²) in [6.07, 6.45) is 1.40. The SMILES string of the molecule is COc1cc(C=NN)cc(OC)c1B(O)O. The van der Waals surface area contributed by atoms with E-state index in [0.717, 1.165) is 0 Å².